The van der Waals surface area contributed by atoms with Gasteiger partial charge in [-0.2, -0.15) is 0 Å². The van der Waals surface area contributed by atoms with Gasteiger partial charge >= 0.3 is 0 Å². The fraction of sp³-hybridized carbons (Fsp3) is 0.450. The Kier molecular flexibility index (Phi) is 6.60. The maximum absolute atomic E-state index is 12.6. The first-order valence-corrected chi connectivity index (χ1v) is 10.5. The summed E-state index contributed by atoms with van der Waals surface area (Å²) in [5.41, 5.74) is 1.88. The third-order valence-electron chi connectivity index (χ3n) is 4.76. The number of halogens is 1. The van der Waals surface area contributed by atoms with Crippen molar-refractivity contribution in [1.29, 1.82) is 0 Å². The maximum Gasteiger partial charge on any atom is 0.253 e. The fourth-order valence-electron chi connectivity index (χ4n) is 2.96. The molecule has 1 amide bonds. The summed E-state index contributed by atoms with van der Waals surface area (Å²) in [5, 5.41) is 1.08. The number of amides is 1. The van der Waals surface area contributed by atoms with Crippen molar-refractivity contribution in [3.05, 3.63) is 46.6 Å². The Hall–Kier alpha value is -1.79. The van der Waals surface area contributed by atoms with Crippen LogP contribution in [0, 0.1) is 5.92 Å². The molecule has 1 saturated heterocycles. The number of carbonyl (C=O) groups is 1. The summed E-state index contributed by atoms with van der Waals surface area (Å²) in [6.45, 7) is 3.97. The molecule has 2 aromatic rings. The Morgan fingerprint density at radius 2 is 1.89 bits per heavy atom. The van der Waals surface area contributed by atoms with E-state index < -0.39 is 0 Å². The zero-order valence-corrected chi connectivity index (χ0v) is 17.6. The van der Waals surface area contributed by atoms with E-state index in [1.807, 2.05) is 48.2 Å². The lowest BCUT2D eigenvalue weighted by molar-refractivity contribution is 0.0697. The van der Waals surface area contributed by atoms with Gasteiger partial charge in [-0.05, 0) is 36.5 Å². The summed E-state index contributed by atoms with van der Waals surface area (Å²) < 4.78 is 0. The first-order valence-electron chi connectivity index (χ1n) is 9.15. The molecule has 2 heterocycles. The van der Waals surface area contributed by atoms with Crippen molar-refractivity contribution in [3.63, 3.8) is 0 Å². The number of benzene rings is 1. The van der Waals surface area contributed by atoms with Gasteiger partial charge in [0.15, 0.2) is 5.16 Å². The number of carbonyl (C=O) groups excluding carboxylic acids is 1. The monoisotopic (exact) mass is 404 g/mol. The van der Waals surface area contributed by atoms with Gasteiger partial charge in [0.1, 0.15) is 11.0 Å². The SMILES string of the molecule is CC1CCN(C(=O)c2ccc(CSc3nc(Cl)cc(N(C)C)n3)cc2)CC1. The van der Waals surface area contributed by atoms with Gasteiger partial charge in [0.05, 0.1) is 0 Å². The van der Waals surface area contributed by atoms with Crippen LogP contribution in [0.1, 0.15) is 35.7 Å². The third kappa shape index (κ3) is 5.36. The van der Waals surface area contributed by atoms with E-state index in [-0.39, 0.29) is 5.91 Å². The molecule has 3 rings (SSSR count). The second-order valence-electron chi connectivity index (χ2n) is 7.19. The van der Waals surface area contributed by atoms with Gasteiger partial charge in [0, 0.05) is 44.6 Å². The minimum atomic E-state index is 0.134. The lowest BCUT2D eigenvalue weighted by Gasteiger charge is -2.30. The molecule has 5 nitrogen and oxygen atoms in total. The molecule has 1 fully saturated rings. The van der Waals surface area contributed by atoms with Crippen molar-refractivity contribution in [2.45, 2.75) is 30.7 Å². The summed E-state index contributed by atoms with van der Waals surface area (Å²) in [7, 11) is 3.84. The van der Waals surface area contributed by atoms with Crippen LogP contribution in [0.15, 0.2) is 35.5 Å². The molecule has 0 unspecified atom stereocenters. The summed E-state index contributed by atoms with van der Waals surface area (Å²) >= 11 is 7.61. The van der Waals surface area contributed by atoms with E-state index in [0.29, 0.717) is 10.3 Å². The number of nitrogens with zero attached hydrogens (tertiary/aromatic N) is 4. The zero-order chi connectivity index (χ0) is 19.4. The lowest BCUT2D eigenvalue weighted by atomic mass is 9.98. The molecule has 7 heteroatoms. The maximum atomic E-state index is 12.6. The van der Waals surface area contributed by atoms with E-state index in [1.54, 1.807) is 6.07 Å². The molecule has 1 aliphatic rings. The van der Waals surface area contributed by atoms with E-state index in [0.717, 1.165) is 54.5 Å². The molecule has 1 aromatic heterocycles. The fourth-order valence-corrected chi connectivity index (χ4v) is 4.00. The molecule has 0 atom stereocenters. The smallest absolute Gasteiger partial charge is 0.253 e. The second kappa shape index (κ2) is 8.93. The quantitative estimate of drug-likeness (QED) is 0.421. The molecule has 0 aliphatic carbocycles. The van der Waals surface area contributed by atoms with E-state index >= 15 is 0 Å². The van der Waals surface area contributed by atoms with Crippen LogP contribution < -0.4 is 4.90 Å². The number of thioether (sulfide) groups is 1. The number of likely N-dealkylation sites (tertiary alicyclic amines) is 1. The van der Waals surface area contributed by atoms with Crippen molar-refractivity contribution >= 4 is 35.1 Å². The van der Waals surface area contributed by atoms with Gasteiger partial charge in [-0.15, -0.1) is 0 Å². The molecule has 0 spiro atoms. The summed E-state index contributed by atoms with van der Waals surface area (Å²) in [4.78, 5) is 25.3. The minimum Gasteiger partial charge on any atom is -0.363 e. The molecule has 0 radical (unpaired) electrons. The molecule has 0 bridgehead atoms. The zero-order valence-electron chi connectivity index (χ0n) is 16.0. The van der Waals surface area contributed by atoms with Crippen molar-refractivity contribution in [3.8, 4) is 0 Å². The minimum absolute atomic E-state index is 0.134. The van der Waals surface area contributed by atoms with E-state index in [2.05, 4.69) is 16.9 Å². The average molecular weight is 405 g/mol. The molecule has 1 aliphatic heterocycles. The number of aromatic nitrogens is 2. The van der Waals surface area contributed by atoms with E-state index in [4.69, 9.17) is 11.6 Å². The normalized spacial score (nSPS) is 15.0. The van der Waals surface area contributed by atoms with Crippen LogP contribution in [0.5, 0.6) is 0 Å². The summed E-state index contributed by atoms with van der Waals surface area (Å²) in [5.74, 6) is 2.36. The predicted octanol–water partition coefficient (Wildman–Crippen LogP) is 4.36. The van der Waals surface area contributed by atoms with Gasteiger partial charge in [-0.25, -0.2) is 9.97 Å². The van der Waals surface area contributed by atoms with Crippen LogP contribution in [0.2, 0.25) is 5.15 Å². The third-order valence-corrected chi connectivity index (χ3v) is 5.87. The number of piperidine rings is 1. The highest BCUT2D eigenvalue weighted by atomic mass is 35.5. The molecule has 0 N–H and O–H groups in total. The lowest BCUT2D eigenvalue weighted by Crippen LogP contribution is -2.37. The van der Waals surface area contributed by atoms with Gasteiger partial charge in [-0.1, -0.05) is 42.4 Å². The molecule has 144 valence electrons. The Labute approximate surface area is 170 Å². The molecule has 1 aromatic carbocycles. The van der Waals surface area contributed by atoms with Crippen molar-refractivity contribution < 1.29 is 4.79 Å². The Balaban J connectivity index is 1.60. The Morgan fingerprint density at radius 1 is 1.22 bits per heavy atom. The molecule has 27 heavy (non-hydrogen) atoms. The average Bonchev–Trinajstić information content (AvgIpc) is 2.66. The molecular formula is C20H25ClN4OS. The Bertz CT molecular complexity index is 789. The van der Waals surface area contributed by atoms with Crippen molar-refractivity contribution in [2.75, 3.05) is 32.1 Å². The standard InChI is InChI=1S/C20H25ClN4OS/c1-14-8-10-25(11-9-14)19(26)16-6-4-15(5-7-16)13-27-20-22-17(21)12-18(23-20)24(2)3/h4-7,12,14H,8-11,13H2,1-3H3. The number of anilines is 1. The Morgan fingerprint density at radius 3 is 2.52 bits per heavy atom. The number of hydrogen-bond acceptors (Lipinski definition) is 5. The molecular weight excluding hydrogens is 380 g/mol. The van der Waals surface area contributed by atoms with Crippen LogP contribution in [0.25, 0.3) is 0 Å². The highest BCUT2D eigenvalue weighted by molar-refractivity contribution is 7.98. The van der Waals surface area contributed by atoms with Crippen LogP contribution in [0.4, 0.5) is 5.82 Å². The van der Waals surface area contributed by atoms with Gasteiger partial charge in [-0.3, -0.25) is 4.79 Å². The first-order chi connectivity index (χ1) is 12.9. The van der Waals surface area contributed by atoms with Gasteiger partial charge < -0.3 is 9.80 Å². The van der Waals surface area contributed by atoms with Crippen molar-refractivity contribution in [2.24, 2.45) is 5.92 Å². The second-order valence-corrected chi connectivity index (χ2v) is 8.52. The summed E-state index contributed by atoms with van der Waals surface area (Å²) in [6, 6.07) is 9.59. The first kappa shape index (κ1) is 20.0. The topological polar surface area (TPSA) is 49.3 Å². The number of rotatable bonds is 5. The summed E-state index contributed by atoms with van der Waals surface area (Å²) in [6.07, 6.45) is 2.18. The van der Waals surface area contributed by atoms with Gasteiger partial charge in [0.2, 0.25) is 0 Å². The van der Waals surface area contributed by atoms with Gasteiger partial charge in [0.25, 0.3) is 5.91 Å². The largest absolute Gasteiger partial charge is 0.363 e. The highest BCUT2D eigenvalue weighted by Crippen LogP contribution is 2.24. The van der Waals surface area contributed by atoms with E-state index in [9.17, 15) is 4.79 Å². The van der Waals surface area contributed by atoms with E-state index in [1.165, 1.54) is 11.8 Å². The highest BCUT2D eigenvalue weighted by Gasteiger charge is 2.21. The predicted molar refractivity (Wildman–Crippen MR) is 112 cm³/mol. The van der Waals surface area contributed by atoms with Crippen LogP contribution in [-0.2, 0) is 5.75 Å². The van der Waals surface area contributed by atoms with Crippen LogP contribution >= 0.6 is 23.4 Å². The van der Waals surface area contributed by atoms with Crippen LogP contribution in [0.3, 0.4) is 0 Å². The van der Waals surface area contributed by atoms with Crippen molar-refractivity contribution in [1.82, 2.24) is 14.9 Å². The van der Waals surface area contributed by atoms with Crippen LogP contribution in [-0.4, -0.2) is 48.0 Å². The molecule has 0 saturated carbocycles. The number of hydrogen-bond donors (Lipinski definition) is 0.